The van der Waals surface area contributed by atoms with Crippen molar-refractivity contribution in [1.82, 2.24) is 0 Å². The minimum atomic E-state index is -0.0638. The average molecular weight is 347 g/mol. The van der Waals surface area contributed by atoms with Gasteiger partial charge in [-0.15, -0.1) is 0 Å². The maximum atomic E-state index is 11.1. The van der Waals surface area contributed by atoms with Crippen LogP contribution in [-0.2, 0) is 11.3 Å². The van der Waals surface area contributed by atoms with Crippen molar-refractivity contribution in [3.8, 4) is 0 Å². The molecule has 21 heavy (non-hydrogen) atoms. The number of nitrogens with one attached hydrogen (secondary N) is 2. The van der Waals surface area contributed by atoms with E-state index in [4.69, 9.17) is 0 Å². The Kier molecular flexibility index (Phi) is 5.02. The molecule has 0 fully saturated rings. The number of benzene rings is 2. The summed E-state index contributed by atoms with van der Waals surface area (Å²) in [5.41, 5.74) is 5.40. The van der Waals surface area contributed by atoms with Crippen LogP contribution < -0.4 is 10.6 Å². The molecule has 0 aromatic heterocycles. The molecule has 0 heterocycles. The number of hydrogen-bond acceptors (Lipinski definition) is 2. The third kappa shape index (κ3) is 4.33. The van der Waals surface area contributed by atoms with Crippen LogP contribution in [0, 0.1) is 13.8 Å². The highest BCUT2D eigenvalue weighted by molar-refractivity contribution is 9.10. The Morgan fingerprint density at radius 1 is 1.14 bits per heavy atom. The van der Waals surface area contributed by atoms with E-state index in [1.165, 1.54) is 18.1 Å². The van der Waals surface area contributed by atoms with Crippen LogP contribution in [0.4, 0.5) is 11.4 Å². The lowest BCUT2D eigenvalue weighted by Crippen LogP contribution is -2.07. The summed E-state index contributed by atoms with van der Waals surface area (Å²) in [7, 11) is 0. The fourth-order valence-electron chi connectivity index (χ4n) is 2.08. The number of hydrogen-bond donors (Lipinski definition) is 2. The molecule has 2 rings (SSSR count). The second-order valence-corrected chi connectivity index (χ2v) is 6.01. The lowest BCUT2D eigenvalue weighted by Gasteiger charge is -2.13. The summed E-state index contributed by atoms with van der Waals surface area (Å²) in [5.74, 6) is -0.0638. The lowest BCUT2D eigenvalue weighted by molar-refractivity contribution is -0.114. The fraction of sp³-hybridized carbons (Fsp3) is 0.235. The second kappa shape index (κ2) is 6.76. The maximum absolute atomic E-state index is 11.1. The van der Waals surface area contributed by atoms with E-state index in [-0.39, 0.29) is 5.91 Å². The first kappa shape index (κ1) is 15.6. The molecule has 2 aromatic rings. The van der Waals surface area contributed by atoms with Gasteiger partial charge in [0.2, 0.25) is 5.91 Å². The largest absolute Gasteiger partial charge is 0.381 e. The van der Waals surface area contributed by atoms with E-state index in [2.05, 4.69) is 51.7 Å². The van der Waals surface area contributed by atoms with Crippen molar-refractivity contribution >= 4 is 33.2 Å². The summed E-state index contributed by atoms with van der Waals surface area (Å²) in [6.45, 7) is 6.36. The molecule has 0 unspecified atom stereocenters. The number of aryl methyl sites for hydroxylation is 2. The van der Waals surface area contributed by atoms with Gasteiger partial charge in [-0.25, -0.2) is 0 Å². The van der Waals surface area contributed by atoms with Crippen LogP contribution >= 0.6 is 15.9 Å². The Bertz CT molecular complexity index is 668. The number of anilines is 2. The van der Waals surface area contributed by atoms with E-state index in [0.717, 1.165) is 28.0 Å². The number of carbonyl (C=O) groups is 1. The molecule has 110 valence electrons. The average Bonchev–Trinajstić information content (AvgIpc) is 2.40. The van der Waals surface area contributed by atoms with Crippen molar-refractivity contribution in [2.75, 3.05) is 10.6 Å². The summed E-state index contributed by atoms with van der Waals surface area (Å²) in [6, 6.07) is 12.2. The smallest absolute Gasteiger partial charge is 0.221 e. The molecular formula is C17H19BrN2O. The van der Waals surface area contributed by atoms with Gasteiger partial charge in [0, 0.05) is 29.3 Å². The molecule has 0 atom stereocenters. The van der Waals surface area contributed by atoms with Gasteiger partial charge in [-0.05, 0) is 48.7 Å². The molecule has 1 amide bonds. The van der Waals surface area contributed by atoms with Crippen molar-refractivity contribution in [1.29, 1.82) is 0 Å². The molecule has 3 nitrogen and oxygen atoms in total. The van der Waals surface area contributed by atoms with Gasteiger partial charge >= 0.3 is 0 Å². The van der Waals surface area contributed by atoms with Gasteiger partial charge in [0.15, 0.2) is 0 Å². The third-order valence-electron chi connectivity index (χ3n) is 3.24. The lowest BCUT2D eigenvalue weighted by atomic mass is 10.1. The molecule has 0 aliphatic carbocycles. The van der Waals surface area contributed by atoms with Gasteiger partial charge < -0.3 is 10.6 Å². The molecule has 2 N–H and O–H groups in total. The quantitative estimate of drug-likeness (QED) is 0.846. The summed E-state index contributed by atoms with van der Waals surface area (Å²) in [5, 5.41) is 6.22. The van der Waals surface area contributed by atoms with E-state index < -0.39 is 0 Å². The van der Waals surface area contributed by atoms with Gasteiger partial charge in [-0.2, -0.15) is 0 Å². The number of halogens is 1. The number of rotatable bonds is 4. The van der Waals surface area contributed by atoms with Gasteiger partial charge in [0.05, 0.1) is 0 Å². The van der Waals surface area contributed by atoms with Crippen LogP contribution in [-0.4, -0.2) is 5.91 Å². The molecule has 0 saturated heterocycles. The summed E-state index contributed by atoms with van der Waals surface area (Å²) < 4.78 is 1.10. The highest BCUT2D eigenvalue weighted by Crippen LogP contribution is 2.23. The monoisotopic (exact) mass is 346 g/mol. The van der Waals surface area contributed by atoms with Gasteiger partial charge in [0.1, 0.15) is 0 Å². The molecular weight excluding hydrogens is 328 g/mol. The van der Waals surface area contributed by atoms with Crippen LogP contribution in [0.5, 0.6) is 0 Å². The van der Waals surface area contributed by atoms with Crippen LogP contribution in [0.3, 0.4) is 0 Å². The molecule has 0 aliphatic heterocycles. The van der Waals surface area contributed by atoms with Crippen molar-refractivity contribution < 1.29 is 4.79 Å². The summed E-state index contributed by atoms with van der Waals surface area (Å²) in [6.07, 6.45) is 0. The minimum Gasteiger partial charge on any atom is -0.381 e. The minimum absolute atomic E-state index is 0.0638. The fourth-order valence-corrected chi connectivity index (χ4v) is 2.71. The van der Waals surface area contributed by atoms with E-state index in [1.807, 2.05) is 25.1 Å². The summed E-state index contributed by atoms with van der Waals surface area (Å²) in [4.78, 5) is 11.1. The Labute approximate surface area is 133 Å². The van der Waals surface area contributed by atoms with Crippen molar-refractivity contribution in [3.63, 3.8) is 0 Å². The molecule has 0 spiro atoms. The molecule has 0 radical (unpaired) electrons. The van der Waals surface area contributed by atoms with Crippen LogP contribution in [0.1, 0.15) is 23.6 Å². The van der Waals surface area contributed by atoms with Crippen LogP contribution in [0.25, 0.3) is 0 Å². The zero-order chi connectivity index (χ0) is 15.4. The molecule has 2 aromatic carbocycles. The SMILES string of the molecule is CC(=O)Nc1ccc(C)c(NCc2ccc(C)cc2Br)c1. The van der Waals surface area contributed by atoms with Gasteiger partial charge in [-0.3, -0.25) is 4.79 Å². The first-order valence-electron chi connectivity index (χ1n) is 6.83. The predicted octanol–water partition coefficient (Wildman–Crippen LogP) is 4.64. The highest BCUT2D eigenvalue weighted by Gasteiger charge is 2.04. The van der Waals surface area contributed by atoms with E-state index >= 15 is 0 Å². The molecule has 0 aliphatic rings. The highest BCUT2D eigenvalue weighted by atomic mass is 79.9. The number of carbonyl (C=O) groups excluding carboxylic acids is 1. The third-order valence-corrected chi connectivity index (χ3v) is 3.97. The number of amides is 1. The Morgan fingerprint density at radius 3 is 2.57 bits per heavy atom. The first-order chi connectivity index (χ1) is 9.95. The topological polar surface area (TPSA) is 41.1 Å². The Hall–Kier alpha value is -1.81. The van der Waals surface area contributed by atoms with E-state index in [9.17, 15) is 4.79 Å². The van der Waals surface area contributed by atoms with E-state index in [0.29, 0.717) is 0 Å². The second-order valence-electron chi connectivity index (χ2n) is 5.16. The van der Waals surface area contributed by atoms with E-state index in [1.54, 1.807) is 0 Å². The zero-order valence-corrected chi connectivity index (χ0v) is 14.0. The summed E-state index contributed by atoms with van der Waals surface area (Å²) >= 11 is 3.59. The van der Waals surface area contributed by atoms with Crippen molar-refractivity contribution in [3.05, 3.63) is 57.6 Å². The van der Waals surface area contributed by atoms with Gasteiger partial charge in [0.25, 0.3) is 0 Å². The zero-order valence-electron chi connectivity index (χ0n) is 12.5. The molecule has 4 heteroatoms. The maximum Gasteiger partial charge on any atom is 0.221 e. The first-order valence-corrected chi connectivity index (χ1v) is 7.62. The molecule has 0 saturated carbocycles. The van der Waals surface area contributed by atoms with Crippen LogP contribution in [0.15, 0.2) is 40.9 Å². The van der Waals surface area contributed by atoms with Gasteiger partial charge in [-0.1, -0.05) is 34.1 Å². The Morgan fingerprint density at radius 2 is 1.90 bits per heavy atom. The van der Waals surface area contributed by atoms with Crippen molar-refractivity contribution in [2.24, 2.45) is 0 Å². The molecule has 0 bridgehead atoms. The predicted molar refractivity (Wildman–Crippen MR) is 91.7 cm³/mol. The normalized spacial score (nSPS) is 10.3. The standard InChI is InChI=1S/C17H19BrN2O/c1-11-4-6-14(16(18)8-11)10-19-17-9-15(20-13(3)21)7-5-12(17)2/h4-9,19H,10H2,1-3H3,(H,20,21). The van der Waals surface area contributed by atoms with Crippen LogP contribution in [0.2, 0.25) is 0 Å². The Balaban J connectivity index is 2.13. The van der Waals surface area contributed by atoms with Crippen molar-refractivity contribution in [2.45, 2.75) is 27.3 Å².